The van der Waals surface area contributed by atoms with Crippen LogP contribution >= 0.6 is 0 Å². The van der Waals surface area contributed by atoms with E-state index in [0.29, 0.717) is 0 Å². The van der Waals surface area contributed by atoms with Crippen molar-refractivity contribution in [2.45, 2.75) is 6.42 Å². The number of nitrogens with two attached hydrogens (primary N) is 1. The Labute approximate surface area is 79.1 Å². The molecule has 0 fully saturated rings. The van der Waals surface area contributed by atoms with Gasteiger partial charge in [0.05, 0.1) is 0 Å². The minimum absolute atomic E-state index is 0.0812. The van der Waals surface area contributed by atoms with Crippen molar-refractivity contribution in [3.8, 4) is 0 Å². The van der Waals surface area contributed by atoms with Crippen LogP contribution < -0.4 is 5.73 Å². The van der Waals surface area contributed by atoms with Gasteiger partial charge in [0.25, 0.3) is 0 Å². The molecule has 1 aromatic carbocycles. The molecule has 3 N–H and O–H groups in total. The van der Waals surface area contributed by atoms with Crippen LogP contribution in [0.3, 0.4) is 0 Å². The molecule has 0 spiro atoms. The van der Waals surface area contributed by atoms with Gasteiger partial charge in [-0.25, -0.2) is 4.39 Å². The summed E-state index contributed by atoms with van der Waals surface area (Å²) in [5.41, 5.74) is 5.38. The quantitative estimate of drug-likeness (QED) is 0.431. The lowest BCUT2D eigenvalue weighted by molar-refractivity contribution is -0.135. The Morgan fingerprint density at radius 1 is 1.43 bits per heavy atom. The molecule has 0 saturated carbocycles. The third-order valence-corrected chi connectivity index (χ3v) is 1.63. The molecule has 0 atom stereocenters. The van der Waals surface area contributed by atoms with E-state index in [4.69, 9.17) is 10.8 Å². The monoisotopic (exact) mass is 197 g/mol. The standard InChI is InChI=1S/C9H8FNO3/c10-5-1-2-7(11)6(3-5)8(12)4-9(13)14/h1-3H,4,11H2,(H,13,14). The molecule has 0 aliphatic heterocycles. The molecular formula is C9H8FNO3. The maximum atomic E-state index is 12.7. The summed E-state index contributed by atoms with van der Waals surface area (Å²) in [7, 11) is 0. The molecule has 0 bridgehead atoms. The zero-order valence-corrected chi connectivity index (χ0v) is 7.16. The third kappa shape index (κ3) is 2.29. The van der Waals surface area contributed by atoms with E-state index in [2.05, 4.69) is 0 Å². The zero-order valence-electron chi connectivity index (χ0n) is 7.16. The average molecular weight is 197 g/mol. The van der Waals surface area contributed by atoms with Gasteiger partial charge in [0.15, 0.2) is 5.78 Å². The van der Waals surface area contributed by atoms with Gasteiger partial charge in [0, 0.05) is 11.3 Å². The molecule has 14 heavy (non-hydrogen) atoms. The summed E-state index contributed by atoms with van der Waals surface area (Å²) in [6.45, 7) is 0. The Morgan fingerprint density at radius 2 is 2.07 bits per heavy atom. The van der Waals surface area contributed by atoms with Crippen molar-refractivity contribution >= 4 is 17.4 Å². The number of carbonyl (C=O) groups is 2. The second kappa shape index (κ2) is 3.87. The number of halogens is 1. The van der Waals surface area contributed by atoms with Crippen LogP contribution in [0, 0.1) is 5.82 Å². The fraction of sp³-hybridized carbons (Fsp3) is 0.111. The summed E-state index contributed by atoms with van der Waals surface area (Å²) in [6.07, 6.45) is -0.687. The third-order valence-electron chi connectivity index (χ3n) is 1.63. The van der Waals surface area contributed by atoms with Gasteiger partial charge in [-0.15, -0.1) is 0 Å². The van der Waals surface area contributed by atoms with Crippen molar-refractivity contribution in [3.63, 3.8) is 0 Å². The molecule has 0 heterocycles. The SMILES string of the molecule is Nc1ccc(F)cc1C(=O)CC(=O)O. The lowest BCUT2D eigenvalue weighted by Crippen LogP contribution is -2.09. The van der Waals surface area contributed by atoms with E-state index < -0.39 is 24.0 Å². The van der Waals surface area contributed by atoms with Gasteiger partial charge in [-0.05, 0) is 18.2 Å². The van der Waals surface area contributed by atoms with Gasteiger partial charge < -0.3 is 10.8 Å². The highest BCUT2D eigenvalue weighted by molar-refractivity contribution is 6.08. The molecule has 0 aliphatic rings. The minimum Gasteiger partial charge on any atom is -0.481 e. The van der Waals surface area contributed by atoms with Gasteiger partial charge in [0.1, 0.15) is 12.2 Å². The number of rotatable bonds is 3. The van der Waals surface area contributed by atoms with Crippen LogP contribution in [-0.4, -0.2) is 16.9 Å². The maximum Gasteiger partial charge on any atom is 0.311 e. The van der Waals surface area contributed by atoms with E-state index in [9.17, 15) is 14.0 Å². The van der Waals surface area contributed by atoms with E-state index >= 15 is 0 Å². The highest BCUT2D eigenvalue weighted by Gasteiger charge is 2.14. The number of benzene rings is 1. The number of nitrogen functional groups attached to an aromatic ring is 1. The van der Waals surface area contributed by atoms with Crippen LogP contribution in [0.1, 0.15) is 16.8 Å². The fourth-order valence-corrected chi connectivity index (χ4v) is 1.00. The van der Waals surface area contributed by atoms with E-state index in [1.165, 1.54) is 6.07 Å². The highest BCUT2D eigenvalue weighted by atomic mass is 19.1. The molecule has 0 saturated heterocycles. The number of carboxylic acid groups (broad SMARTS) is 1. The van der Waals surface area contributed by atoms with Crippen LogP contribution in [0.2, 0.25) is 0 Å². The van der Waals surface area contributed by atoms with Crippen molar-refractivity contribution in [1.82, 2.24) is 0 Å². The molecule has 0 aliphatic carbocycles. The molecule has 0 amide bonds. The molecule has 1 aromatic rings. The van der Waals surface area contributed by atoms with E-state index in [-0.39, 0.29) is 11.3 Å². The molecule has 1 rings (SSSR count). The lowest BCUT2D eigenvalue weighted by atomic mass is 10.1. The van der Waals surface area contributed by atoms with E-state index in [1.54, 1.807) is 0 Å². The Morgan fingerprint density at radius 3 is 2.64 bits per heavy atom. The van der Waals surface area contributed by atoms with Crippen molar-refractivity contribution in [1.29, 1.82) is 0 Å². The number of carbonyl (C=O) groups excluding carboxylic acids is 1. The van der Waals surface area contributed by atoms with Crippen LogP contribution in [0.25, 0.3) is 0 Å². The number of ketones is 1. The largest absolute Gasteiger partial charge is 0.481 e. The van der Waals surface area contributed by atoms with Gasteiger partial charge in [-0.3, -0.25) is 9.59 Å². The maximum absolute atomic E-state index is 12.7. The molecule has 0 unspecified atom stereocenters. The van der Waals surface area contributed by atoms with Gasteiger partial charge in [0.2, 0.25) is 0 Å². The Kier molecular flexibility index (Phi) is 2.81. The van der Waals surface area contributed by atoms with Gasteiger partial charge >= 0.3 is 5.97 Å². The topological polar surface area (TPSA) is 80.4 Å². The predicted octanol–water partition coefficient (Wildman–Crippen LogP) is 1.07. The molecular weight excluding hydrogens is 189 g/mol. The Balaban J connectivity index is 3.00. The van der Waals surface area contributed by atoms with E-state index in [0.717, 1.165) is 12.1 Å². The second-order valence-corrected chi connectivity index (χ2v) is 2.73. The summed E-state index contributed by atoms with van der Waals surface area (Å²) in [6, 6.07) is 3.26. The fourth-order valence-electron chi connectivity index (χ4n) is 1.00. The first-order valence-electron chi connectivity index (χ1n) is 3.80. The summed E-state index contributed by atoms with van der Waals surface area (Å²) < 4.78 is 12.7. The minimum atomic E-state index is -1.27. The van der Waals surface area contributed by atoms with Crippen molar-refractivity contribution < 1.29 is 19.1 Å². The summed E-state index contributed by atoms with van der Waals surface area (Å²) in [4.78, 5) is 21.4. The summed E-state index contributed by atoms with van der Waals surface area (Å²) in [5, 5.41) is 8.35. The van der Waals surface area contributed by atoms with Gasteiger partial charge in [-0.1, -0.05) is 0 Å². The molecule has 0 radical (unpaired) electrons. The van der Waals surface area contributed by atoms with Crippen LogP contribution in [0.15, 0.2) is 18.2 Å². The molecule has 74 valence electrons. The smallest absolute Gasteiger partial charge is 0.311 e. The van der Waals surface area contributed by atoms with E-state index in [1.807, 2.05) is 0 Å². The van der Waals surface area contributed by atoms with Crippen molar-refractivity contribution in [3.05, 3.63) is 29.6 Å². The molecule has 5 heteroatoms. The number of hydrogen-bond donors (Lipinski definition) is 2. The average Bonchev–Trinajstić information content (AvgIpc) is 2.08. The number of hydrogen-bond acceptors (Lipinski definition) is 3. The second-order valence-electron chi connectivity index (χ2n) is 2.73. The van der Waals surface area contributed by atoms with Crippen molar-refractivity contribution in [2.75, 3.05) is 5.73 Å². The number of anilines is 1. The highest BCUT2D eigenvalue weighted by Crippen LogP contribution is 2.15. The van der Waals surface area contributed by atoms with Crippen LogP contribution in [0.4, 0.5) is 10.1 Å². The number of Topliss-reactive ketones (excluding diaryl/α,β-unsaturated/α-hetero) is 1. The van der Waals surface area contributed by atoms with Crippen LogP contribution in [-0.2, 0) is 4.79 Å². The molecule has 0 aromatic heterocycles. The first kappa shape index (κ1) is 10.2. The van der Waals surface area contributed by atoms with Crippen molar-refractivity contribution in [2.24, 2.45) is 0 Å². The number of carboxylic acids is 1. The van der Waals surface area contributed by atoms with Crippen LogP contribution in [0.5, 0.6) is 0 Å². The summed E-state index contributed by atoms with van der Waals surface area (Å²) in [5.74, 6) is -2.58. The summed E-state index contributed by atoms with van der Waals surface area (Å²) >= 11 is 0. The Bertz CT molecular complexity index is 390. The first-order valence-corrected chi connectivity index (χ1v) is 3.80. The lowest BCUT2D eigenvalue weighted by Gasteiger charge is -2.02. The predicted molar refractivity (Wildman–Crippen MR) is 47.4 cm³/mol. The van der Waals surface area contributed by atoms with Gasteiger partial charge in [-0.2, -0.15) is 0 Å². The normalized spacial score (nSPS) is 9.79. The Hall–Kier alpha value is -1.91. The zero-order chi connectivity index (χ0) is 10.7. The molecule has 4 nitrogen and oxygen atoms in total. The first-order chi connectivity index (χ1) is 6.50. The number of aliphatic carboxylic acids is 1.